The molecule has 0 fully saturated rings. The molecule has 5 heteroatoms. The number of halogens is 2. The van der Waals surface area contributed by atoms with E-state index in [9.17, 15) is 8.78 Å². The van der Waals surface area contributed by atoms with Crippen molar-refractivity contribution in [1.29, 1.82) is 0 Å². The molecule has 126 valence electrons. The molecule has 0 aliphatic heterocycles. The molecule has 0 amide bonds. The third-order valence-corrected chi connectivity index (χ3v) is 3.31. The maximum Gasteiger partial charge on any atom is 0.190 e. The van der Waals surface area contributed by atoms with Crippen molar-refractivity contribution in [3.05, 3.63) is 64.7 Å². The predicted molar refractivity (Wildman–Crippen MR) is 93.2 cm³/mol. The highest BCUT2D eigenvalue weighted by atomic mass is 19.1. The first kappa shape index (κ1) is 17.8. The predicted octanol–water partition coefficient (Wildman–Crippen LogP) is 4.77. The van der Waals surface area contributed by atoms with Crippen LogP contribution >= 0.6 is 0 Å². The van der Waals surface area contributed by atoms with Crippen LogP contribution in [0.3, 0.4) is 0 Å². The van der Waals surface area contributed by atoms with Crippen LogP contribution in [0, 0.1) is 11.6 Å². The fourth-order valence-electron chi connectivity index (χ4n) is 2.20. The Morgan fingerprint density at radius 3 is 2.04 bits per heavy atom. The molecule has 0 aromatic heterocycles. The summed E-state index contributed by atoms with van der Waals surface area (Å²) in [7, 11) is 0. The number of benzene rings is 2. The minimum absolute atomic E-state index is 0.197. The van der Waals surface area contributed by atoms with Crippen LogP contribution < -0.4 is 4.74 Å². The van der Waals surface area contributed by atoms with Gasteiger partial charge in [-0.2, -0.15) is 10.2 Å². The van der Waals surface area contributed by atoms with Gasteiger partial charge in [-0.05, 0) is 36.6 Å². The average molecular weight is 330 g/mol. The number of aryl methyl sites for hydroxylation is 1. The number of hydrogen-bond acceptors (Lipinski definition) is 3. The van der Waals surface area contributed by atoms with Gasteiger partial charge < -0.3 is 4.74 Å². The number of rotatable bonds is 7. The Bertz CT molecular complexity index is 702. The third-order valence-electron chi connectivity index (χ3n) is 3.31. The number of nitrogens with zero attached hydrogens (tertiary/aromatic N) is 2. The van der Waals surface area contributed by atoms with Crippen LogP contribution in [-0.4, -0.2) is 19.0 Å². The molecule has 0 saturated heterocycles. The average Bonchev–Trinajstić information content (AvgIpc) is 2.57. The minimum Gasteiger partial charge on any atom is -0.488 e. The summed E-state index contributed by atoms with van der Waals surface area (Å²) in [6, 6.07) is 10.3. The maximum absolute atomic E-state index is 13.7. The maximum atomic E-state index is 13.7. The van der Waals surface area contributed by atoms with E-state index >= 15 is 0 Å². The summed E-state index contributed by atoms with van der Waals surface area (Å²) in [6.45, 7) is 4.00. The molecule has 0 radical (unpaired) electrons. The normalized spacial score (nSPS) is 11.5. The molecule has 2 aromatic rings. The van der Waals surface area contributed by atoms with E-state index in [4.69, 9.17) is 4.74 Å². The summed E-state index contributed by atoms with van der Waals surface area (Å²) in [4.78, 5) is 0. The van der Waals surface area contributed by atoms with E-state index in [2.05, 4.69) is 17.1 Å². The second-order valence-electron chi connectivity index (χ2n) is 5.23. The van der Waals surface area contributed by atoms with Crippen LogP contribution in [0.25, 0.3) is 0 Å². The molecular formula is C19H20F2N2O. The van der Waals surface area contributed by atoms with Gasteiger partial charge in [0, 0.05) is 5.56 Å². The summed E-state index contributed by atoms with van der Waals surface area (Å²) in [6.07, 6.45) is 5.04. The molecule has 0 atom stereocenters. The van der Waals surface area contributed by atoms with E-state index < -0.39 is 11.6 Å². The van der Waals surface area contributed by atoms with Gasteiger partial charge in [0.1, 0.15) is 0 Å². The summed E-state index contributed by atoms with van der Waals surface area (Å²) < 4.78 is 32.3. The number of hydrogen-bond donors (Lipinski definition) is 0. The first-order chi connectivity index (χ1) is 11.6. The van der Waals surface area contributed by atoms with Crippen molar-refractivity contribution in [1.82, 2.24) is 0 Å². The molecule has 0 heterocycles. The van der Waals surface area contributed by atoms with E-state index in [0.29, 0.717) is 0 Å². The quantitative estimate of drug-likeness (QED) is 0.532. The van der Waals surface area contributed by atoms with Crippen molar-refractivity contribution in [2.75, 3.05) is 6.61 Å². The van der Waals surface area contributed by atoms with Crippen molar-refractivity contribution in [2.24, 2.45) is 10.2 Å². The Kier molecular flexibility index (Phi) is 6.61. The summed E-state index contributed by atoms with van der Waals surface area (Å²) in [5.41, 5.74) is 2.47. The van der Waals surface area contributed by atoms with Gasteiger partial charge in [0.2, 0.25) is 0 Å². The lowest BCUT2D eigenvalue weighted by molar-refractivity contribution is 0.302. The van der Waals surface area contributed by atoms with Gasteiger partial charge in [0.05, 0.1) is 19.0 Å². The Hall–Kier alpha value is -2.56. The van der Waals surface area contributed by atoms with Crippen molar-refractivity contribution in [2.45, 2.75) is 26.7 Å². The van der Waals surface area contributed by atoms with Gasteiger partial charge >= 0.3 is 0 Å². The van der Waals surface area contributed by atoms with E-state index in [0.717, 1.165) is 30.5 Å². The Morgan fingerprint density at radius 1 is 0.917 bits per heavy atom. The van der Waals surface area contributed by atoms with Gasteiger partial charge in [0.25, 0.3) is 0 Å². The molecule has 0 unspecified atom stereocenters. The smallest absolute Gasteiger partial charge is 0.190 e. The highest BCUT2D eigenvalue weighted by molar-refractivity contribution is 5.82. The van der Waals surface area contributed by atoms with Gasteiger partial charge in [-0.25, -0.2) is 8.78 Å². The van der Waals surface area contributed by atoms with Crippen LogP contribution in [0.5, 0.6) is 5.75 Å². The highest BCUT2D eigenvalue weighted by Gasteiger charge is 2.11. The first-order valence-corrected chi connectivity index (χ1v) is 7.91. The minimum atomic E-state index is -0.756. The van der Waals surface area contributed by atoms with E-state index in [1.807, 2.05) is 24.3 Å². The topological polar surface area (TPSA) is 34.0 Å². The van der Waals surface area contributed by atoms with Crippen LogP contribution in [0.4, 0.5) is 8.78 Å². The molecule has 0 N–H and O–H groups in total. The second-order valence-corrected chi connectivity index (χ2v) is 5.23. The fraction of sp³-hybridized carbons (Fsp3) is 0.263. The first-order valence-electron chi connectivity index (χ1n) is 7.91. The van der Waals surface area contributed by atoms with Crippen molar-refractivity contribution in [3.8, 4) is 5.75 Å². The van der Waals surface area contributed by atoms with Crippen LogP contribution in [-0.2, 0) is 6.42 Å². The SMILES string of the molecule is CCCc1ccc(C=NN=Cc2cc(F)c(OCC)c(F)c2)cc1. The van der Waals surface area contributed by atoms with Gasteiger partial charge in [-0.3, -0.25) is 0 Å². The zero-order valence-corrected chi connectivity index (χ0v) is 13.8. The van der Waals surface area contributed by atoms with Gasteiger partial charge in [-0.15, -0.1) is 0 Å². The largest absolute Gasteiger partial charge is 0.488 e. The highest BCUT2D eigenvalue weighted by Crippen LogP contribution is 2.22. The molecule has 0 bridgehead atoms. The molecule has 0 aliphatic rings. The van der Waals surface area contributed by atoms with Crippen molar-refractivity contribution >= 4 is 12.4 Å². The fourth-order valence-corrected chi connectivity index (χ4v) is 2.20. The van der Waals surface area contributed by atoms with Crippen molar-refractivity contribution < 1.29 is 13.5 Å². The van der Waals surface area contributed by atoms with Crippen molar-refractivity contribution in [3.63, 3.8) is 0 Å². The molecule has 0 saturated carbocycles. The monoisotopic (exact) mass is 330 g/mol. The molecule has 24 heavy (non-hydrogen) atoms. The van der Waals surface area contributed by atoms with Gasteiger partial charge in [0.15, 0.2) is 17.4 Å². The van der Waals surface area contributed by atoms with Gasteiger partial charge in [-0.1, -0.05) is 37.6 Å². The van der Waals surface area contributed by atoms with Crippen LogP contribution in [0.1, 0.15) is 37.0 Å². The van der Waals surface area contributed by atoms with E-state index in [1.165, 1.54) is 11.8 Å². The van der Waals surface area contributed by atoms with E-state index in [-0.39, 0.29) is 17.9 Å². The number of ether oxygens (including phenoxy) is 1. The lowest BCUT2D eigenvalue weighted by Crippen LogP contribution is -1.99. The second kappa shape index (κ2) is 8.91. The summed E-state index contributed by atoms with van der Waals surface area (Å²) >= 11 is 0. The Balaban J connectivity index is 2.03. The lowest BCUT2D eigenvalue weighted by atomic mass is 10.1. The van der Waals surface area contributed by atoms with E-state index in [1.54, 1.807) is 13.1 Å². The van der Waals surface area contributed by atoms with Crippen LogP contribution in [0.2, 0.25) is 0 Å². The molecular weight excluding hydrogens is 310 g/mol. The summed E-state index contributed by atoms with van der Waals surface area (Å²) in [5.74, 6) is -1.88. The Labute approximate surface area is 140 Å². The summed E-state index contributed by atoms with van der Waals surface area (Å²) in [5, 5.41) is 7.72. The molecule has 2 rings (SSSR count). The lowest BCUT2D eigenvalue weighted by Gasteiger charge is -2.06. The molecule has 2 aromatic carbocycles. The standard InChI is InChI=1S/C19H20F2N2O/c1-3-5-14-6-8-15(9-7-14)12-22-23-13-16-10-17(20)19(24-4-2)18(21)11-16/h6-13H,3-5H2,1-2H3. The zero-order chi connectivity index (χ0) is 17.4. The molecule has 0 aliphatic carbocycles. The third kappa shape index (κ3) is 4.98. The molecule has 3 nitrogen and oxygen atoms in total. The zero-order valence-electron chi connectivity index (χ0n) is 13.8. The van der Waals surface area contributed by atoms with Crippen LogP contribution in [0.15, 0.2) is 46.6 Å². The Morgan fingerprint density at radius 2 is 1.50 bits per heavy atom. The molecule has 0 spiro atoms.